The Hall–Kier alpha value is -2.65. The van der Waals surface area contributed by atoms with Crippen LogP contribution in [0, 0.1) is 5.92 Å². The molecule has 10 heteroatoms. The largest absolute Gasteiger partial charge is 0.464 e. The molecule has 33 heavy (non-hydrogen) atoms. The number of nitrogens with one attached hydrogen (secondary N) is 1. The summed E-state index contributed by atoms with van der Waals surface area (Å²) < 4.78 is 5.38. The Morgan fingerprint density at radius 2 is 1.55 bits per heavy atom. The van der Waals surface area contributed by atoms with Gasteiger partial charge in [-0.1, -0.05) is 6.92 Å². The third-order valence-electron chi connectivity index (χ3n) is 7.30. The van der Waals surface area contributed by atoms with Crippen LogP contribution in [0.2, 0.25) is 0 Å². The molecule has 4 amide bonds. The molecular formula is C23H34N4O6. The van der Waals surface area contributed by atoms with Gasteiger partial charge in [0.2, 0.25) is 23.6 Å². The van der Waals surface area contributed by atoms with Crippen molar-refractivity contribution in [3.05, 3.63) is 0 Å². The van der Waals surface area contributed by atoms with Crippen LogP contribution in [0.5, 0.6) is 0 Å². The average Bonchev–Trinajstić information content (AvgIpc) is 3.44. The fraction of sp³-hybridized carbons (Fsp3) is 0.783. The summed E-state index contributed by atoms with van der Waals surface area (Å²) in [5.41, 5.74) is 0. The van der Waals surface area contributed by atoms with E-state index in [0.717, 1.165) is 12.8 Å². The number of nitrogens with zero attached hydrogens (tertiary/aromatic N) is 3. The normalized spacial score (nSPS) is 34.5. The molecule has 0 spiro atoms. The molecule has 0 aromatic rings. The second-order valence-electron chi connectivity index (χ2n) is 9.78. The molecule has 0 aromatic carbocycles. The van der Waals surface area contributed by atoms with Gasteiger partial charge in [0.1, 0.15) is 30.8 Å². The van der Waals surface area contributed by atoms with Crippen molar-refractivity contribution >= 4 is 29.6 Å². The number of esters is 1. The maximum atomic E-state index is 13.4. The van der Waals surface area contributed by atoms with Crippen LogP contribution in [0.1, 0.15) is 58.8 Å². The fourth-order valence-electron chi connectivity index (χ4n) is 5.59. The summed E-state index contributed by atoms with van der Waals surface area (Å²) in [7, 11) is 0. The number of amides is 4. The van der Waals surface area contributed by atoms with Crippen molar-refractivity contribution in [3.8, 4) is 0 Å². The van der Waals surface area contributed by atoms with E-state index in [0.29, 0.717) is 45.3 Å². The Bertz CT molecular complexity index is 832. The Morgan fingerprint density at radius 1 is 0.818 bits per heavy atom. The van der Waals surface area contributed by atoms with Crippen LogP contribution >= 0.6 is 0 Å². The summed E-state index contributed by atoms with van der Waals surface area (Å²) in [6.45, 7) is 4.83. The van der Waals surface area contributed by atoms with Crippen molar-refractivity contribution in [2.24, 2.45) is 5.92 Å². The first-order valence-electron chi connectivity index (χ1n) is 12.2. The zero-order chi connectivity index (χ0) is 23.7. The minimum atomic E-state index is -0.825. The van der Waals surface area contributed by atoms with Gasteiger partial charge >= 0.3 is 5.97 Å². The van der Waals surface area contributed by atoms with E-state index in [2.05, 4.69) is 5.32 Å². The lowest BCUT2D eigenvalue weighted by atomic mass is 9.99. The molecule has 182 valence electrons. The zero-order valence-corrected chi connectivity index (χ0v) is 19.5. The minimum Gasteiger partial charge on any atom is -0.464 e. The van der Waals surface area contributed by atoms with Crippen molar-refractivity contribution in [2.45, 2.75) is 83.0 Å². The van der Waals surface area contributed by atoms with Crippen LogP contribution in [0.3, 0.4) is 0 Å². The maximum absolute atomic E-state index is 13.4. The number of carbonyl (C=O) groups excluding carboxylic acids is 5. The summed E-state index contributed by atoms with van der Waals surface area (Å²) in [4.78, 5) is 70.0. The highest BCUT2D eigenvalue weighted by Gasteiger charge is 2.44. The van der Waals surface area contributed by atoms with E-state index in [9.17, 15) is 24.0 Å². The van der Waals surface area contributed by atoms with Crippen LogP contribution in [-0.2, 0) is 28.7 Å². The van der Waals surface area contributed by atoms with Crippen LogP contribution in [-0.4, -0.2) is 94.7 Å². The van der Waals surface area contributed by atoms with E-state index in [1.54, 1.807) is 16.7 Å². The first-order valence-corrected chi connectivity index (χ1v) is 12.2. The van der Waals surface area contributed by atoms with E-state index in [1.807, 2.05) is 6.92 Å². The minimum absolute atomic E-state index is 0.00788. The Morgan fingerprint density at radius 3 is 2.33 bits per heavy atom. The second-order valence-corrected chi connectivity index (χ2v) is 9.78. The van der Waals surface area contributed by atoms with Crippen LogP contribution in [0.15, 0.2) is 0 Å². The highest BCUT2D eigenvalue weighted by molar-refractivity contribution is 5.95. The molecule has 0 aliphatic carbocycles. The summed E-state index contributed by atoms with van der Waals surface area (Å²) in [6.07, 6.45) is 3.88. The Kier molecular flexibility index (Phi) is 6.90. The number of hydrogen-bond donors (Lipinski definition) is 1. The SMILES string of the molecule is C[C@H]1C[C@H]2C(=O)OCCC(=O)N3CCC[C@H]3C(=O)N3CCCC[C@H]3C(=O)N[C@@H](C)C(=O)N2C1. The molecule has 4 aliphatic heterocycles. The number of rotatable bonds is 0. The molecule has 1 N–H and O–H groups in total. The predicted molar refractivity (Wildman–Crippen MR) is 117 cm³/mol. The number of hydrogen-bond acceptors (Lipinski definition) is 6. The van der Waals surface area contributed by atoms with E-state index in [1.165, 1.54) is 4.90 Å². The van der Waals surface area contributed by atoms with E-state index in [4.69, 9.17) is 4.74 Å². The molecule has 4 aliphatic rings. The van der Waals surface area contributed by atoms with Crippen LogP contribution in [0.25, 0.3) is 0 Å². The predicted octanol–water partition coefficient (Wildman–Crippen LogP) is 0.0471. The monoisotopic (exact) mass is 462 g/mol. The smallest absolute Gasteiger partial charge is 0.328 e. The summed E-state index contributed by atoms with van der Waals surface area (Å²) in [5.74, 6) is -1.55. The standard InChI is InChI=1S/C23H34N4O6/c1-14-12-18-23(32)33-11-8-19(28)25-10-5-7-17(25)22(31)26-9-4-3-6-16(26)20(29)24-15(2)21(30)27(18)13-14/h14-18H,3-13H2,1-2H3,(H,24,29)/t14-,15-,16-,17-,18-/m0/s1. The number of carbonyl (C=O) groups is 5. The van der Waals surface area contributed by atoms with Gasteiger partial charge in [-0.2, -0.15) is 0 Å². The third kappa shape index (κ3) is 4.70. The Balaban J connectivity index is 1.61. The molecule has 4 heterocycles. The summed E-state index contributed by atoms with van der Waals surface area (Å²) in [6, 6.07) is -2.80. The van der Waals surface area contributed by atoms with Gasteiger partial charge in [-0.3, -0.25) is 19.2 Å². The molecule has 10 nitrogen and oxygen atoms in total. The van der Waals surface area contributed by atoms with Crippen molar-refractivity contribution in [2.75, 3.05) is 26.2 Å². The lowest BCUT2D eigenvalue weighted by Gasteiger charge is -2.38. The van der Waals surface area contributed by atoms with Gasteiger partial charge in [0.05, 0.1) is 6.42 Å². The van der Waals surface area contributed by atoms with Gasteiger partial charge < -0.3 is 24.8 Å². The molecule has 4 rings (SSSR count). The Labute approximate surface area is 193 Å². The van der Waals surface area contributed by atoms with Gasteiger partial charge in [-0.15, -0.1) is 0 Å². The lowest BCUT2D eigenvalue weighted by Crippen LogP contribution is -2.59. The van der Waals surface area contributed by atoms with Gasteiger partial charge in [-0.05, 0) is 51.4 Å². The van der Waals surface area contributed by atoms with Crippen LogP contribution < -0.4 is 5.32 Å². The highest BCUT2D eigenvalue weighted by atomic mass is 16.5. The summed E-state index contributed by atoms with van der Waals surface area (Å²) in [5, 5.41) is 2.79. The van der Waals surface area contributed by atoms with E-state index in [-0.39, 0.29) is 42.6 Å². The van der Waals surface area contributed by atoms with Crippen LogP contribution in [0.4, 0.5) is 0 Å². The molecular weight excluding hydrogens is 428 g/mol. The third-order valence-corrected chi connectivity index (χ3v) is 7.30. The maximum Gasteiger partial charge on any atom is 0.328 e. The number of piperidine rings is 1. The topological polar surface area (TPSA) is 116 Å². The second kappa shape index (κ2) is 9.69. The van der Waals surface area contributed by atoms with E-state index < -0.39 is 30.1 Å². The first-order chi connectivity index (χ1) is 15.8. The molecule has 0 aromatic heterocycles. The molecule has 4 saturated heterocycles. The molecule has 0 bridgehead atoms. The molecule has 0 unspecified atom stereocenters. The lowest BCUT2D eigenvalue weighted by molar-refractivity contribution is -0.156. The van der Waals surface area contributed by atoms with Gasteiger partial charge in [0, 0.05) is 19.6 Å². The number of ether oxygens (including phenoxy) is 1. The molecule has 0 radical (unpaired) electrons. The first kappa shape index (κ1) is 23.5. The van der Waals surface area contributed by atoms with E-state index >= 15 is 0 Å². The summed E-state index contributed by atoms with van der Waals surface area (Å²) >= 11 is 0. The highest BCUT2D eigenvalue weighted by Crippen LogP contribution is 2.27. The molecule has 4 fully saturated rings. The van der Waals surface area contributed by atoms with Crippen molar-refractivity contribution in [1.82, 2.24) is 20.0 Å². The van der Waals surface area contributed by atoms with Crippen molar-refractivity contribution in [1.29, 1.82) is 0 Å². The number of fused-ring (bicyclic) bond motifs is 3. The fourth-order valence-corrected chi connectivity index (χ4v) is 5.59. The quantitative estimate of drug-likeness (QED) is 0.509. The van der Waals surface area contributed by atoms with Crippen molar-refractivity contribution < 1.29 is 28.7 Å². The van der Waals surface area contributed by atoms with Crippen molar-refractivity contribution in [3.63, 3.8) is 0 Å². The zero-order valence-electron chi connectivity index (χ0n) is 19.5. The number of cyclic esters (lactones) is 1. The molecule has 5 atom stereocenters. The average molecular weight is 463 g/mol. The van der Waals surface area contributed by atoms with Gasteiger partial charge in [0.25, 0.3) is 0 Å². The molecule has 0 saturated carbocycles. The van der Waals surface area contributed by atoms with Gasteiger partial charge in [0.15, 0.2) is 0 Å². The van der Waals surface area contributed by atoms with Gasteiger partial charge in [-0.25, -0.2) is 4.79 Å².